The maximum Gasteiger partial charge on any atom is 0.161 e. The third kappa shape index (κ3) is 25.1. The molecule has 0 amide bonds. The van der Waals surface area contributed by atoms with Crippen LogP contribution in [0.4, 0.5) is 8.78 Å². The first-order chi connectivity index (χ1) is 59.1. The zero-order valence-electron chi connectivity index (χ0n) is 70.6. The van der Waals surface area contributed by atoms with Crippen molar-refractivity contribution in [2.75, 3.05) is 111 Å². The molecule has 0 radical (unpaired) electrons. The number of carbonyl (C=O) groups is 4. The topological polar surface area (TPSA) is 126 Å². The first-order valence-corrected chi connectivity index (χ1v) is 45.1. The average molecular weight is 1750 g/mol. The minimum absolute atomic E-state index is 0.0595. The molecule has 4 aliphatic rings. The van der Waals surface area contributed by atoms with E-state index in [1.807, 2.05) is 134 Å². The Morgan fingerprint density at radius 1 is 0.320 bits per heavy atom. The molecule has 0 atom stereocenters. The second kappa shape index (κ2) is 44.7. The molecule has 8 heterocycles. The number of nitrogens with zero attached hydrogens (tertiary/aromatic N) is 10. The number of aromatic nitrogens is 4. The minimum atomic E-state index is -0.246. The number of ether oxygens (including phenoxy) is 2. The quantitative estimate of drug-likeness (QED) is 0.0414. The van der Waals surface area contributed by atoms with Gasteiger partial charge in [-0.3, -0.25) is 24.1 Å². The van der Waals surface area contributed by atoms with Gasteiger partial charge in [0, 0.05) is 165 Å². The minimum Gasteiger partial charge on any atom is -0.490 e. The second-order valence-corrected chi connectivity index (χ2v) is 34.8. The highest BCUT2D eigenvalue weighted by Crippen LogP contribution is 2.35. The Kier molecular flexibility index (Phi) is 33.4. The van der Waals surface area contributed by atoms with Crippen molar-refractivity contribution < 1.29 is 37.4 Å². The van der Waals surface area contributed by atoms with E-state index in [0.717, 1.165) is 290 Å². The van der Waals surface area contributed by atoms with Gasteiger partial charge in [0.2, 0.25) is 0 Å². The molecule has 16 nitrogen and oxygen atoms in total. The molecular formula is C99H113Cl5F2N10O6. The molecule has 8 aromatic carbocycles. The molecule has 0 spiro atoms. The van der Waals surface area contributed by atoms with E-state index in [1.165, 1.54) is 42.8 Å². The first-order valence-electron chi connectivity index (χ1n) is 43.2. The maximum atomic E-state index is 13.1. The van der Waals surface area contributed by atoms with Crippen molar-refractivity contribution in [3.63, 3.8) is 0 Å². The number of hydrogen-bond donors (Lipinski definition) is 0. The number of aryl methyl sites for hydroxylation is 4. The first kappa shape index (κ1) is 91.0. The summed E-state index contributed by atoms with van der Waals surface area (Å²) < 4.78 is 46.7. The van der Waals surface area contributed by atoms with E-state index in [9.17, 15) is 28.0 Å². The van der Waals surface area contributed by atoms with Crippen molar-refractivity contribution in [1.29, 1.82) is 0 Å². The van der Waals surface area contributed by atoms with Crippen LogP contribution in [0.5, 0.6) is 11.5 Å². The van der Waals surface area contributed by atoms with Crippen LogP contribution < -0.4 is 9.47 Å². The molecule has 0 bridgehead atoms. The van der Waals surface area contributed by atoms with Crippen molar-refractivity contribution in [1.82, 2.24) is 47.7 Å². The van der Waals surface area contributed by atoms with Crippen LogP contribution in [-0.2, 0) is 39.1 Å². The number of ketones is 4. The molecule has 0 unspecified atom stereocenters. The summed E-state index contributed by atoms with van der Waals surface area (Å²) >= 11 is 31.7. The van der Waals surface area contributed by atoms with E-state index in [2.05, 4.69) is 78.0 Å². The fourth-order valence-corrected chi connectivity index (χ4v) is 18.8. The molecule has 0 saturated carbocycles. The summed E-state index contributed by atoms with van der Waals surface area (Å²) in [6.45, 7) is 28.8. The predicted octanol–water partition coefficient (Wildman–Crippen LogP) is 22.0. The summed E-state index contributed by atoms with van der Waals surface area (Å²) in [5.74, 6) is 1.48. The Bertz CT molecular complexity index is 5280. The van der Waals surface area contributed by atoms with Gasteiger partial charge in [-0.2, -0.15) is 0 Å². The lowest BCUT2D eigenvalue weighted by Crippen LogP contribution is -2.38. The van der Waals surface area contributed by atoms with E-state index < -0.39 is 0 Å². The number of carbonyl (C=O) groups excluding carboxylic acids is 4. The fourth-order valence-electron chi connectivity index (χ4n) is 17.5. The van der Waals surface area contributed by atoms with Crippen molar-refractivity contribution in [3.05, 3.63) is 271 Å². The molecule has 23 heteroatoms. The van der Waals surface area contributed by atoms with Gasteiger partial charge >= 0.3 is 0 Å². The highest BCUT2D eigenvalue weighted by molar-refractivity contribution is 6.37. The van der Waals surface area contributed by atoms with Gasteiger partial charge in [-0.05, 0) is 247 Å². The molecule has 122 heavy (non-hydrogen) atoms. The highest BCUT2D eigenvalue weighted by Gasteiger charge is 2.26. The van der Waals surface area contributed by atoms with E-state index in [0.29, 0.717) is 20.1 Å². The van der Waals surface area contributed by atoms with E-state index in [-0.39, 0.29) is 47.0 Å². The van der Waals surface area contributed by atoms with Crippen LogP contribution in [0.3, 0.4) is 0 Å². The number of likely N-dealkylation sites (tertiary alicyclic amines) is 2. The van der Waals surface area contributed by atoms with Crippen LogP contribution in [0.2, 0.25) is 25.1 Å². The molecule has 0 aliphatic carbocycles. The second-order valence-electron chi connectivity index (χ2n) is 32.7. The highest BCUT2D eigenvalue weighted by atomic mass is 35.5. The van der Waals surface area contributed by atoms with Crippen LogP contribution >= 0.6 is 58.0 Å². The number of para-hydroxylation sites is 4. The SMILES string of the molecule is CC(=O)c1cn(CCCN2CCC(Oc3ccc(Cl)cc3)CC2)c2c(Cl)cccc12.CC(=O)c1cn(CCCN2CCC(Oc3ccc(F)cc3)CC2)c2c(Cl)cccc12.CC(=O)c1cn(CCCN2CCCN(CCc3ccccc3)CC2)c2c(Cl)cccc12.CC(=O)c1cn(CCCN2CCCN(Cc3ccc(F)cc3)CC2)c2c(Cl)cccc12. The Labute approximate surface area is 741 Å². The molecule has 4 aromatic heterocycles. The molecular weight excluding hydrogens is 1640 g/mol. The van der Waals surface area contributed by atoms with E-state index >= 15 is 0 Å². The van der Waals surface area contributed by atoms with Crippen molar-refractivity contribution in [3.8, 4) is 11.5 Å². The Hall–Kier alpha value is -8.73. The normalized spacial score (nSPS) is 15.8. The smallest absolute Gasteiger partial charge is 0.161 e. The Balaban J connectivity index is 0.000000140. The summed E-state index contributed by atoms with van der Waals surface area (Å²) in [5, 5.41) is 7.27. The summed E-state index contributed by atoms with van der Waals surface area (Å²) in [4.78, 5) is 63.2. The van der Waals surface area contributed by atoms with Crippen LogP contribution in [0.15, 0.2) is 201 Å². The zero-order chi connectivity index (χ0) is 85.6. The van der Waals surface area contributed by atoms with Crippen molar-refractivity contribution in [2.45, 2.75) is 143 Å². The van der Waals surface area contributed by atoms with Gasteiger partial charge in [0.25, 0.3) is 0 Å². The molecule has 16 rings (SSSR count). The molecule has 0 N–H and O–H groups in total. The standard InChI is InChI=1S/C26H32ClN3O.C25H29ClFN3O.C24H26Cl2N2O2.C24H26ClFN2O2/c1-21(31)24-20-30(26-23(24)10-5-11-25(26)27)16-7-15-28-13-6-14-29(19-18-28)17-12-22-8-3-2-4-9-22;1-19(31)23-18-30(25-22(23)5-2-6-24(25)26)14-4-12-28-11-3-13-29(16-15-28)17-20-7-9-21(27)10-8-20;1-17(29)22-16-28(24-21(22)4-2-5-23(24)26)13-3-12-27-14-10-20(11-15-27)30-19-8-6-18(25)7-9-19;1-17(29)22-16-28(24-21(22)4-2-5-23(24)25)13-3-12-27-14-10-20(11-15-27)30-19-8-6-18(26)7-9-19/h2-5,8-11,20H,6-7,12-19H2,1H3;2,5-10,18H,3-4,11-17H2,1H3;2*2,4-9,16,20H,3,10-15H2,1H3. The van der Waals surface area contributed by atoms with Crippen LogP contribution in [0.25, 0.3) is 43.6 Å². The molecule has 644 valence electrons. The zero-order valence-corrected chi connectivity index (χ0v) is 74.4. The summed E-state index contributed by atoms with van der Waals surface area (Å²) in [5.41, 5.74) is 9.39. The van der Waals surface area contributed by atoms with Crippen LogP contribution in [0, 0.1) is 11.6 Å². The number of Topliss-reactive ketones (excluding diaryl/α,β-unsaturated/α-hetero) is 4. The number of piperidine rings is 2. The van der Waals surface area contributed by atoms with Gasteiger partial charge < -0.3 is 52.2 Å². The van der Waals surface area contributed by atoms with Gasteiger partial charge in [-0.15, -0.1) is 0 Å². The number of halogens is 7. The number of hydrogen-bond acceptors (Lipinski definition) is 12. The summed E-state index contributed by atoms with van der Waals surface area (Å²) in [6, 6.07) is 54.4. The van der Waals surface area contributed by atoms with Gasteiger partial charge in [0.1, 0.15) is 35.3 Å². The van der Waals surface area contributed by atoms with Crippen molar-refractivity contribution in [2.24, 2.45) is 0 Å². The largest absolute Gasteiger partial charge is 0.490 e. The molecule has 4 fully saturated rings. The predicted molar refractivity (Wildman–Crippen MR) is 495 cm³/mol. The lowest BCUT2D eigenvalue weighted by molar-refractivity contribution is 0.0991. The van der Waals surface area contributed by atoms with Crippen molar-refractivity contribution >= 4 is 125 Å². The Morgan fingerprint density at radius 2 is 0.623 bits per heavy atom. The van der Waals surface area contributed by atoms with E-state index in [4.69, 9.17) is 67.5 Å². The molecule has 4 saturated heterocycles. The van der Waals surface area contributed by atoms with Gasteiger partial charge in [0.15, 0.2) is 23.1 Å². The number of benzene rings is 8. The number of fused-ring (bicyclic) bond motifs is 4. The van der Waals surface area contributed by atoms with Gasteiger partial charge in [0.05, 0.1) is 42.2 Å². The molecule has 12 aromatic rings. The third-order valence-corrected chi connectivity index (χ3v) is 25.4. The van der Waals surface area contributed by atoms with Gasteiger partial charge in [-0.25, -0.2) is 8.78 Å². The third-order valence-electron chi connectivity index (χ3n) is 24.0. The molecule has 4 aliphatic heterocycles. The van der Waals surface area contributed by atoms with E-state index in [1.54, 1.807) is 39.8 Å². The maximum absolute atomic E-state index is 13.1. The van der Waals surface area contributed by atoms with Crippen LogP contribution in [0.1, 0.15) is 144 Å². The summed E-state index contributed by atoms with van der Waals surface area (Å²) in [7, 11) is 0. The lowest BCUT2D eigenvalue weighted by Gasteiger charge is -2.32. The summed E-state index contributed by atoms with van der Waals surface area (Å²) in [6.07, 6.45) is 19.7. The Morgan fingerprint density at radius 3 is 0.967 bits per heavy atom. The van der Waals surface area contributed by atoms with Crippen LogP contribution in [-0.4, -0.2) is 194 Å². The monoisotopic (exact) mass is 1750 g/mol. The fraction of sp³-hybridized carbons (Fsp3) is 0.394. The average Bonchev–Trinajstić information content (AvgIpc) is 1.65. The van der Waals surface area contributed by atoms with Gasteiger partial charge in [-0.1, -0.05) is 149 Å². The number of rotatable bonds is 29. The lowest BCUT2D eigenvalue weighted by atomic mass is 10.1.